The van der Waals surface area contributed by atoms with Crippen molar-refractivity contribution >= 4 is 11.8 Å². The van der Waals surface area contributed by atoms with Crippen LogP contribution in [0.1, 0.15) is 26.2 Å². The maximum absolute atomic E-state index is 11.3. The van der Waals surface area contributed by atoms with Crippen molar-refractivity contribution in [3.63, 3.8) is 0 Å². The Hall–Kier alpha value is -0.900. The normalized spacial score (nSPS) is 27.2. The molecule has 13 heavy (non-hydrogen) atoms. The number of aliphatic hydroxyl groups is 1. The van der Waals surface area contributed by atoms with Crippen molar-refractivity contribution in [3.8, 4) is 0 Å². The third-order valence-electron chi connectivity index (χ3n) is 2.29. The van der Waals surface area contributed by atoms with Crippen molar-refractivity contribution in [2.45, 2.75) is 32.3 Å². The second kappa shape index (κ2) is 4.37. The summed E-state index contributed by atoms with van der Waals surface area (Å²) >= 11 is 0. The fourth-order valence-corrected chi connectivity index (χ4v) is 1.60. The molecule has 74 valence electrons. The fraction of sp³-hybridized carbons (Fsp3) is 0.778. The summed E-state index contributed by atoms with van der Waals surface area (Å²) in [6.45, 7) is 1.85. The number of hydrogen-bond donors (Lipinski definition) is 1. The number of aliphatic hydroxyl groups excluding tert-OH is 1. The summed E-state index contributed by atoms with van der Waals surface area (Å²) in [5.41, 5.74) is 0. The van der Waals surface area contributed by atoms with Crippen molar-refractivity contribution in [3.05, 3.63) is 0 Å². The van der Waals surface area contributed by atoms with Gasteiger partial charge in [0.25, 0.3) is 0 Å². The number of carbonyl (C=O) groups is 2. The lowest BCUT2D eigenvalue weighted by molar-refractivity contribution is -0.156. The highest BCUT2D eigenvalue weighted by atomic mass is 16.5. The Morgan fingerprint density at radius 3 is 2.62 bits per heavy atom. The van der Waals surface area contributed by atoms with E-state index in [4.69, 9.17) is 0 Å². The molecule has 0 spiro atoms. The number of hydrogen-bond acceptors (Lipinski definition) is 4. The number of rotatable bonds is 3. The molecule has 1 fully saturated rings. The Morgan fingerprint density at radius 2 is 2.15 bits per heavy atom. The molecule has 0 heterocycles. The molecule has 0 aromatic rings. The van der Waals surface area contributed by atoms with E-state index in [0.717, 1.165) is 6.42 Å². The molecule has 0 aromatic carbocycles. The molecule has 1 N–H and O–H groups in total. The van der Waals surface area contributed by atoms with Crippen molar-refractivity contribution in [1.29, 1.82) is 0 Å². The van der Waals surface area contributed by atoms with Gasteiger partial charge in [-0.05, 0) is 19.8 Å². The van der Waals surface area contributed by atoms with Gasteiger partial charge in [0.1, 0.15) is 0 Å². The summed E-state index contributed by atoms with van der Waals surface area (Å²) in [7, 11) is 0. The van der Waals surface area contributed by atoms with Crippen molar-refractivity contribution in [2.24, 2.45) is 5.92 Å². The summed E-state index contributed by atoms with van der Waals surface area (Å²) in [6.07, 6.45) is 1.35. The van der Waals surface area contributed by atoms with Gasteiger partial charge < -0.3 is 9.84 Å². The zero-order chi connectivity index (χ0) is 9.84. The van der Waals surface area contributed by atoms with E-state index < -0.39 is 23.8 Å². The Labute approximate surface area is 76.9 Å². The van der Waals surface area contributed by atoms with Crippen molar-refractivity contribution < 1.29 is 19.4 Å². The molecule has 1 aliphatic rings. The highest BCUT2D eigenvalue weighted by Crippen LogP contribution is 2.26. The topological polar surface area (TPSA) is 63.6 Å². The molecule has 0 aromatic heterocycles. The zero-order valence-corrected chi connectivity index (χ0v) is 7.66. The van der Waals surface area contributed by atoms with Gasteiger partial charge >= 0.3 is 5.97 Å². The Bertz CT molecular complexity index is 212. The van der Waals surface area contributed by atoms with Crippen LogP contribution in [0.2, 0.25) is 0 Å². The van der Waals surface area contributed by atoms with E-state index in [1.54, 1.807) is 6.92 Å². The van der Waals surface area contributed by atoms with Crippen LogP contribution in [-0.2, 0) is 14.3 Å². The summed E-state index contributed by atoms with van der Waals surface area (Å²) in [4.78, 5) is 22.3. The van der Waals surface area contributed by atoms with E-state index in [-0.39, 0.29) is 6.61 Å². The molecular formula is C9H14O4. The Balaban J connectivity index is 2.51. The number of esters is 1. The van der Waals surface area contributed by atoms with Crippen LogP contribution in [0.5, 0.6) is 0 Å². The first kappa shape index (κ1) is 10.2. The lowest BCUT2D eigenvalue weighted by Gasteiger charge is -2.11. The monoisotopic (exact) mass is 186 g/mol. The second-order valence-electron chi connectivity index (χ2n) is 3.19. The van der Waals surface area contributed by atoms with Crippen LogP contribution in [0.15, 0.2) is 0 Å². The molecule has 0 amide bonds. The summed E-state index contributed by atoms with van der Waals surface area (Å²) in [5.74, 6) is -1.92. The molecule has 1 rings (SSSR count). The molecule has 2 atom stereocenters. The van der Waals surface area contributed by atoms with Crippen LogP contribution in [0, 0.1) is 5.92 Å². The lowest BCUT2D eigenvalue weighted by atomic mass is 10.0. The third-order valence-corrected chi connectivity index (χ3v) is 2.29. The van der Waals surface area contributed by atoms with E-state index in [0.29, 0.717) is 12.8 Å². The van der Waals surface area contributed by atoms with Crippen LogP contribution in [0.3, 0.4) is 0 Å². The molecule has 2 unspecified atom stereocenters. The first-order valence-corrected chi connectivity index (χ1v) is 4.55. The standard InChI is InChI=1S/C9H14O4/c1-2-13-9(12)8(11)6-4-3-5-7(6)10/h6-7,10H,2-5H2,1H3. The zero-order valence-electron chi connectivity index (χ0n) is 7.66. The quantitative estimate of drug-likeness (QED) is 0.508. The van der Waals surface area contributed by atoms with E-state index in [9.17, 15) is 14.7 Å². The van der Waals surface area contributed by atoms with Gasteiger partial charge in [0.05, 0.1) is 18.6 Å². The number of Topliss-reactive ketones (excluding diaryl/α,β-unsaturated/α-hetero) is 1. The maximum Gasteiger partial charge on any atom is 0.374 e. The second-order valence-corrected chi connectivity index (χ2v) is 3.19. The first-order chi connectivity index (χ1) is 6.16. The largest absolute Gasteiger partial charge is 0.460 e. The Kier molecular flexibility index (Phi) is 3.42. The fourth-order valence-electron chi connectivity index (χ4n) is 1.60. The van der Waals surface area contributed by atoms with Crippen LogP contribution in [-0.4, -0.2) is 29.6 Å². The average molecular weight is 186 g/mol. The predicted molar refractivity (Wildman–Crippen MR) is 45.0 cm³/mol. The van der Waals surface area contributed by atoms with Crippen LogP contribution < -0.4 is 0 Å². The summed E-state index contributed by atoms with van der Waals surface area (Å²) in [5, 5.41) is 9.35. The number of ether oxygens (including phenoxy) is 1. The first-order valence-electron chi connectivity index (χ1n) is 4.55. The minimum Gasteiger partial charge on any atom is -0.460 e. The van der Waals surface area contributed by atoms with Gasteiger partial charge in [-0.3, -0.25) is 4.79 Å². The van der Waals surface area contributed by atoms with Crippen molar-refractivity contribution in [1.82, 2.24) is 0 Å². The van der Waals surface area contributed by atoms with E-state index in [1.807, 2.05) is 0 Å². The maximum atomic E-state index is 11.3. The molecular weight excluding hydrogens is 172 g/mol. The average Bonchev–Trinajstić information content (AvgIpc) is 2.50. The molecule has 1 aliphatic carbocycles. The lowest BCUT2D eigenvalue weighted by Crippen LogP contribution is -2.30. The van der Waals surface area contributed by atoms with E-state index >= 15 is 0 Å². The number of carbonyl (C=O) groups excluding carboxylic acids is 2. The van der Waals surface area contributed by atoms with Crippen LogP contribution in [0.25, 0.3) is 0 Å². The smallest absolute Gasteiger partial charge is 0.374 e. The van der Waals surface area contributed by atoms with Crippen LogP contribution in [0.4, 0.5) is 0 Å². The van der Waals surface area contributed by atoms with Crippen LogP contribution >= 0.6 is 0 Å². The molecule has 0 aliphatic heterocycles. The Morgan fingerprint density at radius 1 is 1.46 bits per heavy atom. The minimum atomic E-state index is -0.812. The molecule has 4 heteroatoms. The molecule has 4 nitrogen and oxygen atoms in total. The minimum absolute atomic E-state index is 0.202. The van der Waals surface area contributed by atoms with Crippen molar-refractivity contribution in [2.75, 3.05) is 6.61 Å². The summed E-state index contributed by atoms with van der Waals surface area (Å²) in [6, 6.07) is 0. The van der Waals surface area contributed by atoms with Gasteiger partial charge in [-0.1, -0.05) is 6.42 Å². The SMILES string of the molecule is CCOC(=O)C(=O)C1CCCC1O. The molecule has 0 radical (unpaired) electrons. The van der Waals surface area contributed by atoms with Gasteiger partial charge in [-0.2, -0.15) is 0 Å². The number of ketones is 1. The predicted octanol–water partition coefficient (Wildman–Crippen LogP) is 0.280. The van der Waals surface area contributed by atoms with Gasteiger partial charge in [-0.15, -0.1) is 0 Å². The summed E-state index contributed by atoms with van der Waals surface area (Å²) < 4.78 is 4.56. The van der Waals surface area contributed by atoms with E-state index in [1.165, 1.54) is 0 Å². The third kappa shape index (κ3) is 2.28. The van der Waals surface area contributed by atoms with E-state index in [2.05, 4.69) is 4.74 Å². The van der Waals surface area contributed by atoms with Gasteiger partial charge in [0, 0.05) is 0 Å². The van der Waals surface area contributed by atoms with Gasteiger partial charge in [0.2, 0.25) is 5.78 Å². The molecule has 0 bridgehead atoms. The van der Waals surface area contributed by atoms with Gasteiger partial charge in [0.15, 0.2) is 0 Å². The highest BCUT2D eigenvalue weighted by Gasteiger charge is 2.35. The van der Waals surface area contributed by atoms with Gasteiger partial charge in [-0.25, -0.2) is 4.79 Å². The highest BCUT2D eigenvalue weighted by molar-refractivity contribution is 6.34. The molecule has 1 saturated carbocycles. The molecule has 0 saturated heterocycles.